The van der Waals surface area contributed by atoms with Crippen molar-refractivity contribution in [2.75, 3.05) is 7.05 Å². The number of hydrogen-bond acceptors (Lipinski definition) is 2. The number of halogens is 2. The van der Waals surface area contributed by atoms with Gasteiger partial charge in [-0.1, -0.05) is 35.0 Å². The summed E-state index contributed by atoms with van der Waals surface area (Å²) in [6.07, 6.45) is 0.955. The fraction of sp³-hybridized carbons (Fsp3) is 0.438. The Morgan fingerprint density at radius 2 is 1.76 bits per heavy atom. The van der Waals surface area contributed by atoms with Gasteiger partial charge in [0.05, 0.1) is 15.9 Å². The van der Waals surface area contributed by atoms with Crippen molar-refractivity contribution in [2.24, 2.45) is 0 Å². The van der Waals surface area contributed by atoms with Crippen molar-refractivity contribution in [2.45, 2.75) is 39.9 Å². The molecule has 0 saturated carbocycles. The van der Waals surface area contributed by atoms with Crippen LogP contribution in [0.4, 0.5) is 0 Å². The molecule has 2 rings (SSSR count). The van der Waals surface area contributed by atoms with Crippen LogP contribution in [-0.2, 0) is 26.1 Å². The number of aromatic nitrogens is 2. The molecule has 0 amide bonds. The maximum Gasteiger partial charge on any atom is 0.0767 e. The molecule has 0 spiro atoms. The van der Waals surface area contributed by atoms with E-state index in [0.29, 0.717) is 0 Å². The first-order valence-electron chi connectivity index (χ1n) is 7.22. The molecule has 1 heterocycles. The van der Waals surface area contributed by atoms with Crippen LogP contribution in [0.1, 0.15) is 30.8 Å². The monoisotopic (exact) mass is 413 g/mol. The fourth-order valence-electron chi connectivity index (χ4n) is 2.38. The molecule has 21 heavy (non-hydrogen) atoms. The first-order chi connectivity index (χ1) is 10.0. The summed E-state index contributed by atoms with van der Waals surface area (Å²) in [5, 5.41) is 4.66. The number of benzene rings is 1. The molecule has 1 aromatic carbocycles. The van der Waals surface area contributed by atoms with Crippen LogP contribution in [0, 0.1) is 0 Å². The van der Waals surface area contributed by atoms with E-state index in [9.17, 15) is 0 Å². The minimum Gasteiger partial charge on any atom is -0.296 e. The van der Waals surface area contributed by atoms with Gasteiger partial charge >= 0.3 is 0 Å². The molecule has 0 radical (unpaired) electrons. The second-order valence-corrected chi connectivity index (χ2v) is 6.88. The second kappa shape index (κ2) is 7.56. The van der Waals surface area contributed by atoms with Crippen molar-refractivity contribution < 1.29 is 0 Å². The van der Waals surface area contributed by atoms with E-state index in [1.807, 2.05) is 0 Å². The van der Waals surface area contributed by atoms with E-state index in [1.54, 1.807) is 0 Å². The first kappa shape index (κ1) is 16.7. The lowest BCUT2D eigenvalue weighted by atomic mass is 10.2. The van der Waals surface area contributed by atoms with Crippen LogP contribution in [0.5, 0.6) is 0 Å². The van der Waals surface area contributed by atoms with Gasteiger partial charge in [-0.15, -0.1) is 0 Å². The molecule has 3 nitrogen and oxygen atoms in total. The summed E-state index contributed by atoms with van der Waals surface area (Å²) in [6.45, 7) is 6.99. The van der Waals surface area contributed by atoms with Crippen molar-refractivity contribution >= 4 is 31.9 Å². The lowest BCUT2D eigenvalue weighted by molar-refractivity contribution is 0.307. The van der Waals surface area contributed by atoms with Crippen molar-refractivity contribution in [1.82, 2.24) is 14.7 Å². The van der Waals surface area contributed by atoms with Crippen molar-refractivity contribution in [3.8, 4) is 0 Å². The number of rotatable bonds is 6. The van der Waals surface area contributed by atoms with Gasteiger partial charge in [-0.3, -0.25) is 9.58 Å². The van der Waals surface area contributed by atoms with Gasteiger partial charge in [-0.25, -0.2) is 0 Å². The number of aryl methyl sites for hydroxylation is 2. The van der Waals surface area contributed by atoms with Gasteiger partial charge in [0, 0.05) is 24.1 Å². The molecule has 0 aliphatic carbocycles. The van der Waals surface area contributed by atoms with Crippen LogP contribution in [0.25, 0.3) is 0 Å². The maximum absolute atomic E-state index is 4.66. The van der Waals surface area contributed by atoms with E-state index in [0.717, 1.165) is 40.7 Å². The Hall–Kier alpha value is -0.650. The van der Waals surface area contributed by atoms with Crippen LogP contribution >= 0.6 is 31.9 Å². The molecule has 0 aliphatic rings. The van der Waals surface area contributed by atoms with E-state index in [2.05, 4.69) is 91.7 Å². The van der Waals surface area contributed by atoms with Gasteiger partial charge < -0.3 is 0 Å². The normalized spacial score (nSPS) is 11.3. The zero-order chi connectivity index (χ0) is 15.4. The van der Waals surface area contributed by atoms with Gasteiger partial charge in [-0.2, -0.15) is 5.10 Å². The second-order valence-electron chi connectivity index (χ2n) is 5.18. The molecule has 1 aromatic heterocycles. The van der Waals surface area contributed by atoms with E-state index < -0.39 is 0 Å². The molecule has 0 unspecified atom stereocenters. The smallest absolute Gasteiger partial charge is 0.0767 e. The molecule has 0 aliphatic heterocycles. The SMILES string of the molecule is CCc1nn(CC)c(CN(C)Cc2ccc(Br)cc2)c1Br. The Balaban J connectivity index is 2.10. The van der Waals surface area contributed by atoms with Crippen molar-refractivity contribution in [3.05, 3.63) is 50.2 Å². The van der Waals surface area contributed by atoms with Gasteiger partial charge in [-0.05, 0) is 54.0 Å². The Kier molecular flexibility index (Phi) is 6.02. The number of hydrogen-bond donors (Lipinski definition) is 0. The summed E-state index contributed by atoms with van der Waals surface area (Å²) in [4.78, 5) is 2.32. The summed E-state index contributed by atoms with van der Waals surface area (Å²) in [5.74, 6) is 0. The fourth-order valence-corrected chi connectivity index (χ4v) is 3.34. The highest BCUT2D eigenvalue weighted by Gasteiger charge is 2.15. The van der Waals surface area contributed by atoms with Gasteiger partial charge in [0.2, 0.25) is 0 Å². The molecular weight excluding hydrogens is 394 g/mol. The zero-order valence-corrected chi connectivity index (χ0v) is 15.9. The third kappa shape index (κ3) is 4.18. The number of nitrogens with zero attached hydrogens (tertiary/aromatic N) is 3. The Labute approximate surface area is 143 Å². The van der Waals surface area contributed by atoms with Crippen LogP contribution in [0.3, 0.4) is 0 Å². The van der Waals surface area contributed by atoms with Gasteiger partial charge in [0.1, 0.15) is 0 Å². The van der Waals surface area contributed by atoms with Gasteiger partial charge in [0.25, 0.3) is 0 Å². The van der Waals surface area contributed by atoms with E-state index in [-0.39, 0.29) is 0 Å². The Bertz CT molecular complexity index is 590. The predicted octanol–water partition coefficient (Wildman–Crippen LogP) is 4.62. The average Bonchev–Trinajstić information content (AvgIpc) is 2.77. The molecular formula is C16H21Br2N3. The molecule has 114 valence electrons. The Morgan fingerprint density at radius 1 is 1.10 bits per heavy atom. The highest BCUT2D eigenvalue weighted by atomic mass is 79.9. The van der Waals surface area contributed by atoms with Gasteiger partial charge in [0.15, 0.2) is 0 Å². The topological polar surface area (TPSA) is 21.1 Å². The molecule has 0 atom stereocenters. The molecule has 0 N–H and O–H groups in total. The molecule has 2 aromatic rings. The van der Waals surface area contributed by atoms with Crippen LogP contribution < -0.4 is 0 Å². The predicted molar refractivity (Wildman–Crippen MR) is 94.3 cm³/mol. The lowest BCUT2D eigenvalue weighted by Crippen LogP contribution is -2.20. The van der Waals surface area contributed by atoms with E-state index in [1.165, 1.54) is 11.3 Å². The zero-order valence-electron chi connectivity index (χ0n) is 12.7. The van der Waals surface area contributed by atoms with Crippen LogP contribution in [0.15, 0.2) is 33.2 Å². The lowest BCUT2D eigenvalue weighted by Gasteiger charge is -2.18. The summed E-state index contributed by atoms with van der Waals surface area (Å²) in [7, 11) is 2.15. The summed E-state index contributed by atoms with van der Waals surface area (Å²) in [6, 6.07) is 8.49. The third-order valence-electron chi connectivity index (χ3n) is 3.48. The van der Waals surface area contributed by atoms with E-state index in [4.69, 9.17) is 0 Å². The minimum atomic E-state index is 0.886. The maximum atomic E-state index is 4.66. The minimum absolute atomic E-state index is 0.886. The van der Waals surface area contributed by atoms with Crippen LogP contribution in [0.2, 0.25) is 0 Å². The molecule has 0 saturated heterocycles. The van der Waals surface area contributed by atoms with Crippen molar-refractivity contribution in [3.63, 3.8) is 0 Å². The average molecular weight is 415 g/mol. The third-order valence-corrected chi connectivity index (χ3v) is 4.92. The highest BCUT2D eigenvalue weighted by molar-refractivity contribution is 9.10. The molecule has 0 bridgehead atoms. The summed E-state index contributed by atoms with van der Waals surface area (Å²) in [5.41, 5.74) is 3.72. The Morgan fingerprint density at radius 3 is 2.33 bits per heavy atom. The summed E-state index contributed by atoms with van der Waals surface area (Å²) >= 11 is 7.18. The van der Waals surface area contributed by atoms with Crippen molar-refractivity contribution in [1.29, 1.82) is 0 Å². The first-order valence-corrected chi connectivity index (χ1v) is 8.80. The summed E-state index contributed by atoms with van der Waals surface area (Å²) < 4.78 is 4.38. The quantitative estimate of drug-likeness (QED) is 0.687. The van der Waals surface area contributed by atoms with Crippen LogP contribution in [-0.4, -0.2) is 21.7 Å². The molecule has 0 fully saturated rings. The van der Waals surface area contributed by atoms with E-state index >= 15 is 0 Å². The highest BCUT2D eigenvalue weighted by Crippen LogP contribution is 2.24. The standard InChI is InChI=1S/C16H21Br2N3/c1-4-14-16(18)15(21(5-2)19-14)11-20(3)10-12-6-8-13(17)9-7-12/h6-9H,4-5,10-11H2,1-3H3. The largest absolute Gasteiger partial charge is 0.296 e. The molecule has 5 heteroatoms.